The minimum atomic E-state index is -0.146. The van der Waals surface area contributed by atoms with Gasteiger partial charge in [-0.25, -0.2) is 0 Å². The molecule has 0 radical (unpaired) electrons. The molecule has 2 heteroatoms. The largest absolute Gasteiger partial charge is 0.469 e. The summed E-state index contributed by atoms with van der Waals surface area (Å²) in [5.41, 5.74) is 1.35. The molecule has 2 nitrogen and oxygen atoms in total. The highest BCUT2D eigenvalue weighted by Crippen LogP contribution is 2.03. The number of ether oxygens (including phenoxy) is 1. The SMILES string of the molecule is COC(=O)CC/C=C/CCc1ccccc1. The van der Waals surface area contributed by atoms with E-state index in [1.807, 2.05) is 12.1 Å². The smallest absolute Gasteiger partial charge is 0.305 e. The maximum absolute atomic E-state index is 10.8. The zero-order valence-electron chi connectivity index (χ0n) is 9.69. The van der Waals surface area contributed by atoms with Gasteiger partial charge in [0.1, 0.15) is 0 Å². The van der Waals surface area contributed by atoms with Crippen molar-refractivity contribution >= 4 is 5.97 Å². The van der Waals surface area contributed by atoms with Crippen LogP contribution in [0.3, 0.4) is 0 Å². The van der Waals surface area contributed by atoms with Crippen LogP contribution in [-0.2, 0) is 16.0 Å². The van der Waals surface area contributed by atoms with Crippen LogP contribution in [0.1, 0.15) is 24.8 Å². The Morgan fingerprint density at radius 2 is 1.88 bits per heavy atom. The lowest BCUT2D eigenvalue weighted by molar-refractivity contribution is -0.140. The predicted molar refractivity (Wildman–Crippen MR) is 65.2 cm³/mol. The molecule has 0 atom stereocenters. The van der Waals surface area contributed by atoms with Gasteiger partial charge in [-0.15, -0.1) is 0 Å². The van der Waals surface area contributed by atoms with Gasteiger partial charge in [-0.05, 0) is 24.8 Å². The van der Waals surface area contributed by atoms with Gasteiger partial charge in [0.15, 0.2) is 0 Å². The average Bonchev–Trinajstić information content (AvgIpc) is 2.34. The van der Waals surface area contributed by atoms with Crippen molar-refractivity contribution in [3.63, 3.8) is 0 Å². The molecule has 0 aliphatic heterocycles. The normalized spacial score (nSPS) is 10.6. The van der Waals surface area contributed by atoms with Crippen molar-refractivity contribution in [3.8, 4) is 0 Å². The average molecular weight is 218 g/mol. The fraction of sp³-hybridized carbons (Fsp3) is 0.357. The minimum absolute atomic E-state index is 0.146. The van der Waals surface area contributed by atoms with Gasteiger partial charge < -0.3 is 4.74 Å². The van der Waals surface area contributed by atoms with Crippen LogP contribution >= 0.6 is 0 Å². The Kier molecular flexibility index (Phi) is 6.00. The van der Waals surface area contributed by atoms with Crippen LogP contribution in [0.5, 0.6) is 0 Å². The first-order valence-electron chi connectivity index (χ1n) is 5.58. The van der Waals surface area contributed by atoms with E-state index in [1.54, 1.807) is 0 Å². The van der Waals surface area contributed by atoms with Crippen molar-refractivity contribution in [2.75, 3.05) is 7.11 Å². The van der Waals surface area contributed by atoms with Gasteiger partial charge in [-0.1, -0.05) is 42.5 Å². The number of allylic oxidation sites excluding steroid dienone is 2. The molecule has 0 saturated heterocycles. The molecule has 0 spiro atoms. The molecule has 0 bridgehead atoms. The van der Waals surface area contributed by atoms with E-state index in [1.165, 1.54) is 12.7 Å². The van der Waals surface area contributed by atoms with Crippen LogP contribution in [0.4, 0.5) is 0 Å². The monoisotopic (exact) mass is 218 g/mol. The molecule has 86 valence electrons. The number of carbonyl (C=O) groups excluding carboxylic acids is 1. The Hall–Kier alpha value is -1.57. The maximum Gasteiger partial charge on any atom is 0.305 e. The first-order chi connectivity index (χ1) is 7.83. The molecule has 1 rings (SSSR count). The summed E-state index contributed by atoms with van der Waals surface area (Å²) in [5.74, 6) is -0.146. The molecule has 0 aliphatic rings. The fourth-order valence-corrected chi connectivity index (χ4v) is 1.43. The summed E-state index contributed by atoms with van der Waals surface area (Å²) >= 11 is 0. The zero-order valence-corrected chi connectivity index (χ0v) is 9.69. The number of rotatable bonds is 6. The lowest BCUT2D eigenvalue weighted by Gasteiger charge is -1.97. The number of hydrogen-bond acceptors (Lipinski definition) is 2. The van der Waals surface area contributed by atoms with E-state index in [-0.39, 0.29) is 5.97 Å². The third kappa shape index (κ3) is 5.35. The van der Waals surface area contributed by atoms with E-state index in [0.29, 0.717) is 6.42 Å². The molecule has 0 saturated carbocycles. The Bertz CT molecular complexity index is 328. The Labute approximate surface area is 96.9 Å². The van der Waals surface area contributed by atoms with Crippen LogP contribution in [0.25, 0.3) is 0 Å². The van der Waals surface area contributed by atoms with Gasteiger partial charge >= 0.3 is 5.97 Å². The summed E-state index contributed by atoms with van der Waals surface area (Å²) in [4.78, 5) is 10.8. The topological polar surface area (TPSA) is 26.3 Å². The van der Waals surface area contributed by atoms with E-state index in [0.717, 1.165) is 19.3 Å². The number of aryl methyl sites for hydroxylation is 1. The number of benzene rings is 1. The number of carbonyl (C=O) groups is 1. The third-order valence-corrected chi connectivity index (χ3v) is 2.35. The highest BCUT2D eigenvalue weighted by atomic mass is 16.5. The van der Waals surface area contributed by atoms with Crippen molar-refractivity contribution in [3.05, 3.63) is 48.0 Å². The molecule has 0 aromatic heterocycles. The number of hydrogen-bond donors (Lipinski definition) is 0. The van der Waals surface area contributed by atoms with E-state index < -0.39 is 0 Å². The molecule has 0 amide bonds. The summed E-state index contributed by atoms with van der Waals surface area (Å²) < 4.78 is 4.55. The predicted octanol–water partition coefficient (Wildman–Crippen LogP) is 3.13. The van der Waals surface area contributed by atoms with E-state index in [9.17, 15) is 4.79 Å². The van der Waals surface area contributed by atoms with Gasteiger partial charge in [-0.3, -0.25) is 4.79 Å². The number of esters is 1. The van der Waals surface area contributed by atoms with Crippen LogP contribution in [0, 0.1) is 0 Å². The lowest BCUT2D eigenvalue weighted by Crippen LogP contribution is -1.97. The summed E-state index contributed by atoms with van der Waals surface area (Å²) in [6.45, 7) is 0. The van der Waals surface area contributed by atoms with Gasteiger partial charge in [0.05, 0.1) is 7.11 Å². The zero-order chi connectivity index (χ0) is 11.6. The molecule has 16 heavy (non-hydrogen) atoms. The first kappa shape index (κ1) is 12.5. The molecule has 0 aliphatic carbocycles. The molecule has 1 aromatic rings. The van der Waals surface area contributed by atoms with Crippen LogP contribution in [-0.4, -0.2) is 13.1 Å². The Morgan fingerprint density at radius 3 is 2.56 bits per heavy atom. The van der Waals surface area contributed by atoms with Crippen LogP contribution in [0.15, 0.2) is 42.5 Å². The minimum Gasteiger partial charge on any atom is -0.469 e. The quantitative estimate of drug-likeness (QED) is 0.541. The molecule has 0 unspecified atom stereocenters. The highest BCUT2D eigenvalue weighted by Gasteiger charge is 1.95. The Balaban J connectivity index is 2.11. The van der Waals surface area contributed by atoms with E-state index in [4.69, 9.17) is 0 Å². The fourth-order valence-electron chi connectivity index (χ4n) is 1.43. The summed E-state index contributed by atoms with van der Waals surface area (Å²) in [6.07, 6.45) is 7.47. The molecule has 1 aromatic carbocycles. The second kappa shape index (κ2) is 7.69. The van der Waals surface area contributed by atoms with E-state index >= 15 is 0 Å². The van der Waals surface area contributed by atoms with Crippen molar-refractivity contribution in [2.45, 2.75) is 25.7 Å². The van der Waals surface area contributed by atoms with Gasteiger partial charge in [-0.2, -0.15) is 0 Å². The second-order valence-electron chi connectivity index (χ2n) is 3.61. The highest BCUT2D eigenvalue weighted by molar-refractivity contribution is 5.69. The Morgan fingerprint density at radius 1 is 1.19 bits per heavy atom. The first-order valence-corrected chi connectivity index (χ1v) is 5.58. The molecular weight excluding hydrogens is 200 g/mol. The molecule has 0 N–H and O–H groups in total. The number of methoxy groups -OCH3 is 1. The maximum atomic E-state index is 10.8. The van der Waals surface area contributed by atoms with Gasteiger partial charge in [0, 0.05) is 6.42 Å². The van der Waals surface area contributed by atoms with Crippen LogP contribution < -0.4 is 0 Å². The van der Waals surface area contributed by atoms with E-state index in [2.05, 4.69) is 35.1 Å². The lowest BCUT2D eigenvalue weighted by atomic mass is 10.1. The summed E-state index contributed by atoms with van der Waals surface area (Å²) in [6, 6.07) is 10.4. The van der Waals surface area contributed by atoms with Crippen molar-refractivity contribution < 1.29 is 9.53 Å². The van der Waals surface area contributed by atoms with Crippen molar-refractivity contribution in [2.24, 2.45) is 0 Å². The molecule has 0 fully saturated rings. The van der Waals surface area contributed by atoms with Crippen molar-refractivity contribution in [1.29, 1.82) is 0 Å². The summed E-state index contributed by atoms with van der Waals surface area (Å²) in [7, 11) is 1.42. The van der Waals surface area contributed by atoms with Crippen molar-refractivity contribution in [1.82, 2.24) is 0 Å². The van der Waals surface area contributed by atoms with Gasteiger partial charge in [0.2, 0.25) is 0 Å². The second-order valence-corrected chi connectivity index (χ2v) is 3.61. The molecule has 0 heterocycles. The molecular formula is C14H18O2. The van der Waals surface area contributed by atoms with Gasteiger partial charge in [0.25, 0.3) is 0 Å². The summed E-state index contributed by atoms with van der Waals surface area (Å²) in [5, 5.41) is 0. The van der Waals surface area contributed by atoms with Crippen LogP contribution in [0.2, 0.25) is 0 Å². The third-order valence-electron chi connectivity index (χ3n) is 2.35. The standard InChI is InChI=1S/C14H18O2/c1-16-14(15)12-8-3-2-5-9-13-10-6-4-7-11-13/h2-4,6-7,10-11H,5,8-9,12H2,1H3/b3-2+.